The van der Waals surface area contributed by atoms with Crippen LogP contribution in [-0.4, -0.2) is 152 Å². The van der Waals surface area contributed by atoms with Crippen LogP contribution in [0.15, 0.2) is 0 Å². The van der Waals surface area contributed by atoms with Crippen molar-refractivity contribution in [1.29, 1.82) is 0 Å². The van der Waals surface area contributed by atoms with Crippen molar-refractivity contribution in [1.82, 2.24) is 10.2 Å². The number of aliphatic hydroxyl groups is 5. The highest BCUT2D eigenvalue weighted by Crippen LogP contribution is 2.49. The van der Waals surface area contributed by atoms with Gasteiger partial charge in [-0.15, -0.1) is 0 Å². The molecule has 380 valence electrons. The molecule has 2 aliphatic heterocycles. The third-order valence-electron chi connectivity index (χ3n) is 15.0. The number of likely N-dealkylation sites (N-methyl/N-ethyl adjacent to an activating group) is 1. The zero-order chi connectivity index (χ0) is 48.4. The summed E-state index contributed by atoms with van der Waals surface area (Å²) in [4.78, 5) is 28.4. The number of aliphatic hydroxyl groups excluding tert-OH is 5. The Kier molecular flexibility index (Phi) is 22.5. The number of hydrogen-bond donors (Lipinski definition) is 6. The Morgan fingerprint density at radius 2 is 1.52 bits per heavy atom. The van der Waals surface area contributed by atoms with Crippen LogP contribution in [0.25, 0.3) is 0 Å². The fraction of sp³-hybridized carbons (Fsp3) is 0.957. The van der Waals surface area contributed by atoms with E-state index in [0.29, 0.717) is 37.5 Å². The normalized spacial score (nSPS) is 37.8. The van der Waals surface area contributed by atoms with E-state index in [-0.39, 0.29) is 27.1 Å². The number of carbonyl (C=O) groups is 2. The number of hydrogen-bond acceptors (Lipinski definition) is 12. The second kappa shape index (κ2) is 25.8. The predicted molar refractivity (Wildman–Crippen MR) is 246 cm³/mol. The fourth-order valence-electron chi connectivity index (χ4n) is 10.8. The van der Waals surface area contributed by atoms with Crippen LogP contribution < -0.4 is 5.32 Å². The lowest BCUT2D eigenvalue weighted by atomic mass is 9.69. The van der Waals surface area contributed by atoms with Crippen molar-refractivity contribution in [3.8, 4) is 0 Å². The number of halogens is 4. The van der Waals surface area contributed by atoms with Gasteiger partial charge < -0.3 is 59.4 Å². The lowest BCUT2D eigenvalue weighted by Crippen LogP contribution is -2.67. The largest absolute Gasteiger partial charge is 0.417 e. The van der Waals surface area contributed by atoms with Crippen molar-refractivity contribution in [3.63, 3.8) is 0 Å². The van der Waals surface area contributed by atoms with Crippen LogP contribution >= 0.6 is 22.6 Å². The Labute approximate surface area is 398 Å². The number of amides is 2. The Morgan fingerprint density at radius 3 is 2.08 bits per heavy atom. The van der Waals surface area contributed by atoms with Gasteiger partial charge in [0.2, 0.25) is 5.91 Å². The number of nitrogens with zero attached hydrogens (tertiary/aromatic N) is 1. The lowest BCUT2D eigenvalue weighted by Gasteiger charge is -2.51. The first-order chi connectivity index (χ1) is 30.6. The Bertz CT molecular complexity index is 1450. The van der Waals surface area contributed by atoms with E-state index in [2.05, 4.69) is 55.6 Å². The molecule has 2 saturated heterocycles. The molecule has 0 bridgehead atoms. The van der Waals surface area contributed by atoms with Crippen molar-refractivity contribution < 1.29 is 72.0 Å². The van der Waals surface area contributed by atoms with E-state index >= 15 is 0 Å². The summed E-state index contributed by atoms with van der Waals surface area (Å²) in [6.45, 7) is 11.2. The van der Waals surface area contributed by atoms with Gasteiger partial charge in [-0.05, 0) is 74.5 Å². The third-order valence-corrected chi connectivity index (χ3v) is 17.2. The number of alkyl halides is 4. The second-order valence-electron chi connectivity index (χ2n) is 19.8. The number of carbonyl (C=O) groups excluding carboxylic acids is 2. The minimum Gasteiger partial charge on any atom is -0.394 e. The average molecular weight is 1050 g/mol. The van der Waals surface area contributed by atoms with Crippen LogP contribution in [0, 0.1) is 29.6 Å². The first-order valence-corrected chi connectivity index (χ1v) is 25.6. The SMILES string of the molecule is CCCCCC(C)C1CCC(C[C@H](OC2C(NC(C)=O)[C@H](O[C@@H]3CC(C(I)(CC)CCCC)CC(CC)C3O[C@@H]3OC(C(F)(F)F)[C@@H](O)C(O)C3O)OC(CO)[C@@H]2O)C(=O)N(C)C)CC1. The van der Waals surface area contributed by atoms with E-state index in [1.165, 1.54) is 37.5 Å². The number of unbranched alkanes of at least 4 members (excludes halogenated alkanes) is 3. The Hall–Kier alpha value is -0.940. The molecule has 0 aromatic heterocycles. The molecular formula is C47H82F3IN2O12. The molecule has 0 spiro atoms. The van der Waals surface area contributed by atoms with E-state index in [0.717, 1.165) is 51.4 Å². The number of ether oxygens (including phenoxy) is 5. The minimum absolute atomic E-state index is 0.00687. The van der Waals surface area contributed by atoms with Crippen LogP contribution in [-0.2, 0) is 33.3 Å². The van der Waals surface area contributed by atoms with Crippen LogP contribution in [0.2, 0.25) is 0 Å². The van der Waals surface area contributed by atoms with E-state index in [1.807, 2.05) is 6.92 Å². The summed E-state index contributed by atoms with van der Waals surface area (Å²) in [6, 6.07) is -1.25. The van der Waals surface area contributed by atoms with E-state index < -0.39 is 98.4 Å². The van der Waals surface area contributed by atoms with Gasteiger partial charge in [0.25, 0.3) is 5.91 Å². The molecule has 6 N–H and O–H groups in total. The van der Waals surface area contributed by atoms with Gasteiger partial charge in [0.15, 0.2) is 18.7 Å². The smallest absolute Gasteiger partial charge is 0.394 e. The fourth-order valence-corrected chi connectivity index (χ4v) is 11.7. The van der Waals surface area contributed by atoms with E-state index in [9.17, 15) is 48.3 Å². The zero-order valence-electron chi connectivity index (χ0n) is 40.0. The minimum atomic E-state index is -5.10. The molecular weight excluding hydrogens is 968 g/mol. The second-order valence-corrected chi connectivity index (χ2v) is 21.9. The van der Waals surface area contributed by atoms with E-state index in [1.54, 1.807) is 14.1 Å². The van der Waals surface area contributed by atoms with Gasteiger partial charge in [0.1, 0.15) is 48.8 Å². The van der Waals surface area contributed by atoms with Crippen LogP contribution in [0.4, 0.5) is 13.2 Å². The van der Waals surface area contributed by atoms with Gasteiger partial charge in [-0.1, -0.05) is 115 Å². The molecule has 2 heterocycles. The van der Waals surface area contributed by atoms with Crippen molar-refractivity contribution in [2.24, 2.45) is 29.6 Å². The Balaban J connectivity index is 1.70. The summed E-state index contributed by atoms with van der Waals surface area (Å²) < 4.78 is 73.4. The molecule has 17 atom stereocenters. The van der Waals surface area contributed by atoms with Crippen LogP contribution in [0.1, 0.15) is 144 Å². The summed E-state index contributed by atoms with van der Waals surface area (Å²) in [5, 5.41) is 57.1. The summed E-state index contributed by atoms with van der Waals surface area (Å²) in [7, 11) is 3.25. The summed E-state index contributed by atoms with van der Waals surface area (Å²) in [5.74, 6) is 0.141. The molecule has 14 nitrogen and oxygen atoms in total. The summed E-state index contributed by atoms with van der Waals surface area (Å²) in [6.07, 6.45) is -11.4. The molecule has 4 fully saturated rings. The molecule has 2 aliphatic carbocycles. The van der Waals surface area contributed by atoms with Crippen molar-refractivity contribution in [2.45, 2.75) is 234 Å². The monoisotopic (exact) mass is 1050 g/mol. The molecule has 0 radical (unpaired) electrons. The number of nitrogens with one attached hydrogen (secondary N) is 1. The molecule has 11 unspecified atom stereocenters. The van der Waals surface area contributed by atoms with Crippen molar-refractivity contribution in [3.05, 3.63) is 0 Å². The molecule has 4 rings (SSSR count). The zero-order valence-corrected chi connectivity index (χ0v) is 42.1. The van der Waals surface area contributed by atoms with E-state index in [4.69, 9.17) is 23.7 Å². The predicted octanol–water partition coefficient (Wildman–Crippen LogP) is 6.17. The first kappa shape index (κ1) is 56.6. The average Bonchev–Trinajstić information content (AvgIpc) is 3.26. The maximum atomic E-state index is 14.1. The summed E-state index contributed by atoms with van der Waals surface area (Å²) in [5.41, 5.74) is 0. The lowest BCUT2D eigenvalue weighted by molar-refractivity contribution is -0.373. The van der Waals surface area contributed by atoms with Gasteiger partial charge in [-0.25, -0.2) is 0 Å². The van der Waals surface area contributed by atoms with Crippen LogP contribution in [0.5, 0.6) is 0 Å². The van der Waals surface area contributed by atoms with Gasteiger partial charge in [0, 0.05) is 24.4 Å². The highest BCUT2D eigenvalue weighted by Gasteiger charge is 2.58. The quantitative estimate of drug-likeness (QED) is 0.0411. The van der Waals surface area contributed by atoms with Gasteiger partial charge in [0.05, 0.1) is 18.8 Å². The first-order valence-electron chi connectivity index (χ1n) is 24.5. The molecule has 0 aromatic carbocycles. The molecule has 0 aromatic rings. The molecule has 65 heavy (non-hydrogen) atoms. The van der Waals surface area contributed by atoms with Crippen LogP contribution in [0.3, 0.4) is 0 Å². The van der Waals surface area contributed by atoms with Gasteiger partial charge in [-0.3, -0.25) is 9.59 Å². The maximum Gasteiger partial charge on any atom is 0.417 e. The molecule has 2 amide bonds. The highest BCUT2D eigenvalue weighted by molar-refractivity contribution is 14.1. The van der Waals surface area contributed by atoms with Gasteiger partial charge in [-0.2, -0.15) is 13.2 Å². The third kappa shape index (κ3) is 14.8. The van der Waals surface area contributed by atoms with Gasteiger partial charge >= 0.3 is 6.18 Å². The standard InChI is InChI=1S/C47H82F3IN2O12/c1-9-13-15-16-26(5)30-19-17-28(18-20-30)22-33(43(60)53(7)8)61-41-35(52-27(6)55)44(63-34(25-54)36(41)56)62-32-24-31(46(51,12-4)21-14-10-2)23-29(11-3)40(32)64-45-39(59)37(57)38(58)42(65-45)47(48,49)50/h26,28-42,44-45,54,56-59H,9-25H2,1-8H3,(H,52,55)/t26?,28?,29?,30?,31?,32-,33+,34?,35?,36+,37?,38+,39?,40?,41?,42?,44-,45-,46?/m1/s1. The highest BCUT2D eigenvalue weighted by atomic mass is 127. The molecule has 2 saturated carbocycles. The molecule has 18 heteroatoms. The molecule has 4 aliphatic rings. The topological polar surface area (TPSA) is 197 Å². The maximum absolute atomic E-state index is 14.1. The van der Waals surface area contributed by atoms with Crippen molar-refractivity contribution >= 4 is 34.4 Å². The Morgan fingerprint density at radius 1 is 0.862 bits per heavy atom. The number of rotatable bonds is 22. The van der Waals surface area contributed by atoms with Crippen molar-refractivity contribution in [2.75, 3.05) is 20.7 Å². The summed E-state index contributed by atoms with van der Waals surface area (Å²) >= 11 is 2.51.